The van der Waals surface area contributed by atoms with Gasteiger partial charge in [-0.05, 0) is 29.0 Å². The van der Waals surface area contributed by atoms with E-state index in [1.54, 1.807) is 14.2 Å². The molecule has 1 atom stereocenters. The van der Waals surface area contributed by atoms with E-state index >= 15 is 0 Å². The molecule has 152 valence electrons. The number of anilines is 1. The zero-order chi connectivity index (χ0) is 20.0. The summed E-state index contributed by atoms with van der Waals surface area (Å²) in [5.41, 5.74) is 12.0. The van der Waals surface area contributed by atoms with E-state index in [0.29, 0.717) is 5.82 Å². The zero-order valence-electron chi connectivity index (χ0n) is 16.9. The Hall–Kier alpha value is -3.24. The van der Waals surface area contributed by atoms with Gasteiger partial charge in [-0.3, -0.25) is 0 Å². The number of benzene rings is 3. The van der Waals surface area contributed by atoms with Crippen LogP contribution in [-0.2, 0) is 6.42 Å². The first-order chi connectivity index (χ1) is 14.2. The predicted octanol–water partition coefficient (Wildman–Crippen LogP) is 5.61. The van der Waals surface area contributed by atoms with Crippen LogP contribution in [0.5, 0.6) is 11.5 Å². The summed E-state index contributed by atoms with van der Waals surface area (Å²) in [6, 6.07) is 22.7. The van der Waals surface area contributed by atoms with Crippen molar-refractivity contribution >= 4 is 29.0 Å². The molecule has 0 aliphatic heterocycles. The maximum absolute atomic E-state index is 6.37. The third-order valence-corrected chi connectivity index (χ3v) is 5.83. The van der Waals surface area contributed by atoms with E-state index in [9.17, 15) is 0 Å². The molecule has 3 aromatic carbocycles. The summed E-state index contributed by atoms with van der Waals surface area (Å²) in [6.45, 7) is 0. The SMILES string of the molecule is COc1cccc(C2Cc3ccccc3-c3nc(N)c4ccccc4c32)c1OC.Cl. The van der Waals surface area contributed by atoms with Crippen LogP contribution in [0.25, 0.3) is 22.0 Å². The van der Waals surface area contributed by atoms with Crippen LogP contribution < -0.4 is 15.2 Å². The normalized spacial score (nSPS) is 14.4. The van der Waals surface area contributed by atoms with Crippen molar-refractivity contribution < 1.29 is 9.47 Å². The second-order valence-electron chi connectivity index (χ2n) is 7.30. The van der Waals surface area contributed by atoms with Gasteiger partial charge in [-0.2, -0.15) is 0 Å². The second kappa shape index (κ2) is 7.88. The molecular weight excluding hydrogens is 396 g/mol. The van der Waals surface area contributed by atoms with E-state index in [-0.39, 0.29) is 18.3 Å². The van der Waals surface area contributed by atoms with Gasteiger partial charge in [-0.1, -0.05) is 60.7 Å². The minimum Gasteiger partial charge on any atom is -0.493 e. The van der Waals surface area contributed by atoms with Crippen LogP contribution in [0.4, 0.5) is 5.82 Å². The molecule has 0 bridgehead atoms. The van der Waals surface area contributed by atoms with Crippen LogP contribution in [0.2, 0.25) is 0 Å². The topological polar surface area (TPSA) is 57.4 Å². The van der Waals surface area contributed by atoms with Crippen LogP contribution in [0.3, 0.4) is 0 Å². The van der Waals surface area contributed by atoms with Crippen molar-refractivity contribution in [3.8, 4) is 22.8 Å². The molecule has 0 fully saturated rings. The quantitative estimate of drug-likeness (QED) is 0.469. The summed E-state index contributed by atoms with van der Waals surface area (Å²) in [5.74, 6) is 2.15. The van der Waals surface area contributed by atoms with E-state index in [1.165, 1.54) is 11.1 Å². The molecular formula is C25H23ClN2O2. The molecule has 1 unspecified atom stereocenters. The molecule has 1 heterocycles. The van der Waals surface area contributed by atoms with Gasteiger partial charge in [0.05, 0.1) is 19.9 Å². The summed E-state index contributed by atoms with van der Waals surface area (Å²) >= 11 is 0. The van der Waals surface area contributed by atoms with Gasteiger partial charge in [-0.15, -0.1) is 12.4 Å². The van der Waals surface area contributed by atoms with Gasteiger partial charge in [0, 0.05) is 22.4 Å². The van der Waals surface area contributed by atoms with Crippen molar-refractivity contribution in [2.24, 2.45) is 0 Å². The van der Waals surface area contributed by atoms with Gasteiger partial charge >= 0.3 is 0 Å². The molecule has 0 radical (unpaired) electrons. The first-order valence-corrected chi connectivity index (χ1v) is 9.70. The molecule has 1 aliphatic rings. The average Bonchev–Trinajstić information content (AvgIpc) is 2.78. The second-order valence-corrected chi connectivity index (χ2v) is 7.30. The lowest BCUT2D eigenvalue weighted by Gasteiger charge is -2.30. The lowest BCUT2D eigenvalue weighted by molar-refractivity contribution is 0.350. The van der Waals surface area contributed by atoms with E-state index in [1.807, 2.05) is 24.3 Å². The molecule has 5 rings (SSSR count). The highest BCUT2D eigenvalue weighted by Crippen LogP contribution is 2.49. The van der Waals surface area contributed by atoms with Crippen molar-refractivity contribution in [2.75, 3.05) is 20.0 Å². The van der Waals surface area contributed by atoms with Crippen molar-refractivity contribution in [1.29, 1.82) is 0 Å². The molecule has 1 aliphatic carbocycles. The van der Waals surface area contributed by atoms with Gasteiger partial charge in [0.15, 0.2) is 11.5 Å². The first kappa shape index (κ1) is 20.0. The lowest BCUT2D eigenvalue weighted by Crippen LogP contribution is -2.16. The van der Waals surface area contributed by atoms with E-state index in [4.69, 9.17) is 20.2 Å². The van der Waals surface area contributed by atoms with E-state index < -0.39 is 0 Å². The van der Waals surface area contributed by atoms with E-state index in [0.717, 1.165) is 45.5 Å². The van der Waals surface area contributed by atoms with Gasteiger partial charge in [-0.25, -0.2) is 4.98 Å². The fourth-order valence-electron chi connectivity index (χ4n) is 4.57. The Morgan fingerprint density at radius 2 is 1.60 bits per heavy atom. The number of methoxy groups -OCH3 is 2. The number of pyridine rings is 1. The number of nitrogen functional groups attached to an aromatic ring is 1. The summed E-state index contributed by atoms with van der Waals surface area (Å²) in [6.07, 6.45) is 0.863. The predicted molar refractivity (Wildman–Crippen MR) is 124 cm³/mol. The lowest BCUT2D eigenvalue weighted by atomic mass is 9.75. The maximum Gasteiger partial charge on any atom is 0.164 e. The van der Waals surface area contributed by atoms with Crippen LogP contribution in [0, 0.1) is 0 Å². The third-order valence-electron chi connectivity index (χ3n) is 5.83. The van der Waals surface area contributed by atoms with Gasteiger partial charge in [0.1, 0.15) is 5.82 Å². The number of hydrogen-bond acceptors (Lipinski definition) is 4. The number of hydrogen-bond donors (Lipinski definition) is 1. The van der Waals surface area contributed by atoms with E-state index in [2.05, 4.69) is 42.5 Å². The minimum absolute atomic E-state index is 0. The Morgan fingerprint density at radius 1 is 0.867 bits per heavy atom. The van der Waals surface area contributed by atoms with Crippen molar-refractivity contribution in [2.45, 2.75) is 12.3 Å². The molecule has 0 spiro atoms. The van der Waals surface area contributed by atoms with Crippen LogP contribution in [0.1, 0.15) is 22.6 Å². The van der Waals surface area contributed by atoms with Crippen LogP contribution in [0.15, 0.2) is 66.7 Å². The number of para-hydroxylation sites is 1. The van der Waals surface area contributed by atoms with Crippen molar-refractivity contribution in [1.82, 2.24) is 4.98 Å². The highest BCUT2D eigenvalue weighted by Gasteiger charge is 2.32. The first-order valence-electron chi connectivity index (χ1n) is 9.70. The fourth-order valence-corrected chi connectivity index (χ4v) is 4.57. The molecule has 30 heavy (non-hydrogen) atoms. The Bertz CT molecular complexity index is 1240. The van der Waals surface area contributed by atoms with Crippen LogP contribution >= 0.6 is 12.4 Å². The monoisotopic (exact) mass is 418 g/mol. The molecule has 4 nitrogen and oxygen atoms in total. The van der Waals surface area contributed by atoms with Crippen LogP contribution in [-0.4, -0.2) is 19.2 Å². The number of halogens is 1. The standard InChI is InChI=1S/C25H22N2O2.ClH/c1-28-21-13-7-12-18(24(21)29-2)20-14-15-8-3-4-9-16(15)23-22(20)17-10-5-6-11-19(17)25(26)27-23;/h3-13,20H,14H2,1-2H3,(H2,26,27);1H. The molecule has 2 N–H and O–H groups in total. The maximum atomic E-state index is 6.37. The number of aromatic nitrogens is 1. The smallest absolute Gasteiger partial charge is 0.164 e. The zero-order valence-corrected chi connectivity index (χ0v) is 17.7. The number of ether oxygens (including phenoxy) is 2. The fraction of sp³-hybridized carbons (Fsp3) is 0.160. The molecule has 4 aromatic rings. The molecule has 0 saturated carbocycles. The Kier molecular flexibility index (Phi) is 5.27. The van der Waals surface area contributed by atoms with Gasteiger partial charge in [0.2, 0.25) is 0 Å². The minimum atomic E-state index is 0. The summed E-state index contributed by atoms with van der Waals surface area (Å²) in [5, 5.41) is 2.12. The van der Waals surface area contributed by atoms with Gasteiger partial charge < -0.3 is 15.2 Å². The molecule has 1 aromatic heterocycles. The number of nitrogens with two attached hydrogens (primary N) is 1. The molecule has 0 amide bonds. The Labute approximate surface area is 182 Å². The van der Waals surface area contributed by atoms with Gasteiger partial charge in [0.25, 0.3) is 0 Å². The van der Waals surface area contributed by atoms with Crippen molar-refractivity contribution in [3.63, 3.8) is 0 Å². The highest BCUT2D eigenvalue weighted by molar-refractivity contribution is 5.98. The average molecular weight is 419 g/mol. The Morgan fingerprint density at radius 3 is 2.37 bits per heavy atom. The van der Waals surface area contributed by atoms with Crippen molar-refractivity contribution in [3.05, 3.63) is 83.4 Å². The largest absolute Gasteiger partial charge is 0.493 e. The number of fused-ring (bicyclic) bond motifs is 5. The Balaban J connectivity index is 0.00000218. The summed E-state index contributed by atoms with van der Waals surface area (Å²) in [4.78, 5) is 4.86. The molecule has 0 saturated heterocycles. The highest BCUT2D eigenvalue weighted by atomic mass is 35.5. The molecule has 5 heteroatoms. The number of rotatable bonds is 3. The summed E-state index contributed by atoms with van der Waals surface area (Å²) < 4.78 is 11.4. The number of nitrogens with zero attached hydrogens (tertiary/aromatic N) is 1. The summed E-state index contributed by atoms with van der Waals surface area (Å²) in [7, 11) is 3.36. The third kappa shape index (κ3) is 2.96.